The number of benzene rings is 8. The van der Waals surface area contributed by atoms with E-state index < -0.39 is 139 Å². The van der Waals surface area contributed by atoms with Gasteiger partial charge in [0.2, 0.25) is 49.6 Å². The van der Waals surface area contributed by atoms with Gasteiger partial charge in [0, 0.05) is 85.3 Å². The van der Waals surface area contributed by atoms with Crippen LogP contribution in [0.5, 0.6) is 5.75 Å². The second kappa shape index (κ2) is 43.8. The smallest absolute Gasteiger partial charge is 0.417 e. The van der Waals surface area contributed by atoms with E-state index in [2.05, 4.69) is 41.9 Å². The third-order valence-electron chi connectivity index (χ3n) is 22.7. The van der Waals surface area contributed by atoms with Crippen molar-refractivity contribution in [2.24, 2.45) is 22.5 Å². The number of unbranched alkanes of at least 4 members (excludes halogenated alkanes) is 1. The second-order valence-electron chi connectivity index (χ2n) is 31.8. The molecule has 3 unspecified atom stereocenters. The third kappa shape index (κ3) is 25.3. The highest BCUT2D eigenvalue weighted by molar-refractivity contribution is 7.90. The second-order valence-corrected chi connectivity index (χ2v) is 35.9. The first-order chi connectivity index (χ1) is 61.7. The van der Waals surface area contributed by atoms with E-state index in [4.69, 9.17) is 49.3 Å². The number of carbonyl (C=O) groups excluding carboxylic acids is 9. The number of rotatable bonds is 21. The van der Waals surface area contributed by atoms with Gasteiger partial charge in [-0.05, 0) is 176 Å². The molecule has 5 heterocycles. The minimum Gasteiger partial charge on any atom is -0.489 e. The Labute approximate surface area is 754 Å². The molecular weight excluding hydrogens is 1750 g/mol. The molecule has 8 amide bonds. The predicted octanol–water partition coefficient (Wildman–Crippen LogP) is 9.73. The number of aryl methyl sites for hydroxylation is 1. The maximum atomic E-state index is 15.3. The number of fused-ring (bicyclic) bond motifs is 4. The van der Waals surface area contributed by atoms with E-state index in [0.717, 1.165) is 29.3 Å². The third-order valence-corrected chi connectivity index (χ3v) is 25.8. The molecule has 0 bridgehead atoms. The van der Waals surface area contributed by atoms with Crippen LogP contribution in [0.4, 0.5) is 29.3 Å². The van der Waals surface area contributed by atoms with Gasteiger partial charge in [0.25, 0.3) is 11.8 Å². The number of anilines is 2. The molecule has 8 aromatic rings. The summed E-state index contributed by atoms with van der Waals surface area (Å²) in [6, 6.07) is 44.6. The number of sulfonamides is 2. The first kappa shape index (κ1) is 96.0. The van der Waals surface area contributed by atoms with Crippen molar-refractivity contribution in [1.29, 1.82) is 0 Å². The number of hydrogen-bond donors (Lipinski definition) is 12. The van der Waals surface area contributed by atoms with Gasteiger partial charge in [0.1, 0.15) is 47.5 Å². The number of nitrogens with one attached hydrogen (secondary N) is 8. The first-order valence-electron chi connectivity index (χ1n) is 42.0. The van der Waals surface area contributed by atoms with Crippen molar-refractivity contribution in [3.05, 3.63) is 290 Å². The monoisotopic (exact) mass is 1850 g/mol. The molecule has 129 heavy (non-hydrogen) atoms. The number of alkyl halides is 3. The zero-order chi connectivity index (χ0) is 92.3. The maximum absolute atomic E-state index is 15.3. The molecule has 0 aromatic heterocycles. The van der Waals surface area contributed by atoms with Gasteiger partial charge >= 0.3 is 12.3 Å². The molecule has 36 heteroatoms. The number of amides is 8. The Morgan fingerprint density at radius 3 is 2.02 bits per heavy atom. The number of allylic oxidation sites excluding steroid dienone is 2. The van der Waals surface area contributed by atoms with Gasteiger partial charge in [-0.1, -0.05) is 163 Å². The van der Waals surface area contributed by atoms with Crippen LogP contribution in [0, 0.1) is 12.8 Å². The SMILES string of the molecule is Cc1cc(NC(=O)c2ccccc2C(F)(F)F)ccc1C(=O)N1CCCC(O)c2cc(Cl)ccc21.NCCCC[C@@H]1NC(=O)[C@@H](CC2=CNC3C=CC=CC23)NC(=O)[C@H](c2ccccc2)CC(=O)[C@@H]2C[C@@H](OC(=O)NCCN)CN2C(=O)[C@H](Cc2ccccc2)NC(=O)[C@H](Cc2ccc(OCc3ccccc3)cc2)NC1=O.NS(=O)(=O)c1cc2c(cc1Cl)CCNS2(=O)=O. The molecule has 8 aromatic carbocycles. The summed E-state index contributed by atoms with van der Waals surface area (Å²) in [5, 5.41) is 36.0. The summed E-state index contributed by atoms with van der Waals surface area (Å²) in [7, 11) is -7.71. The van der Waals surface area contributed by atoms with E-state index in [1.54, 1.807) is 109 Å². The van der Waals surface area contributed by atoms with Crippen molar-refractivity contribution in [2.75, 3.05) is 49.5 Å². The van der Waals surface area contributed by atoms with Crippen LogP contribution < -0.4 is 68.2 Å². The topological polar surface area (TPSA) is 441 Å². The Bertz CT molecular complexity index is 5770. The van der Waals surface area contributed by atoms with Crippen LogP contribution in [0.1, 0.15) is 129 Å². The number of ether oxygens (including phenoxy) is 2. The lowest BCUT2D eigenvalue weighted by molar-refractivity contribution is -0.142. The highest BCUT2D eigenvalue weighted by Gasteiger charge is 2.46. The van der Waals surface area contributed by atoms with E-state index >= 15 is 14.4 Å². The number of nitrogens with two attached hydrogens (primary N) is 3. The quantitative estimate of drug-likeness (QED) is 0.0298. The fourth-order valence-electron chi connectivity index (χ4n) is 16.1. The molecule has 680 valence electrons. The number of aliphatic hydroxyl groups is 1. The van der Waals surface area contributed by atoms with E-state index in [0.29, 0.717) is 107 Å². The van der Waals surface area contributed by atoms with Gasteiger partial charge < -0.3 is 73.1 Å². The van der Waals surface area contributed by atoms with E-state index in [9.17, 15) is 63.9 Å². The van der Waals surface area contributed by atoms with Crippen molar-refractivity contribution in [1.82, 2.24) is 41.5 Å². The zero-order valence-electron chi connectivity index (χ0n) is 70.2. The van der Waals surface area contributed by atoms with Crippen LogP contribution in [-0.4, -0.2) is 162 Å². The van der Waals surface area contributed by atoms with E-state index in [-0.39, 0.29) is 96.7 Å². The first-order valence-corrected chi connectivity index (χ1v) is 45.8. The van der Waals surface area contributed by atoms with E-state index in [1.165, 1.54) is 41.3 Å². The van der Waals surface area contributed by atoms with Crippen LogP contribution in [-0.2, 0) is 85.6 Å². The summed E-state index contributed by atoms with van der Waals surface area (Å²) in [5.74, 6) is -5.70. The maximum Gasteiger partial charge on any atom is 0.417 e. The molecule has 2 fully saturated rings. The molecule has 1 aliphatic carbocycles. The van der Waals surface area contributed by atoms with Crippen molar-refractivity contribution in [2.45, 2.75) is 155 Å². The summed E-state index contributed by atoms with van der Waals surface area (Å²) in [5.41, 5.74) is 16.5. The van der Waals surface area contributed by atoms with Crippen molar-refractivity contribution in [3.8, 4) is 5.75 Å². The van der Waals surface area contributed by atoms with Crippen LogP contribution in [0.3, 0.4) is 0 Å². The number of Topliss-reactive ketones (excluding diaryl/α,β-unsaturated/α-hetero) is 1. The molecule has 15 N–H and O–H groups in total. The van der Waals surface area contributed by atoms with Crippen molar-refractivity contribution >= 4 is 108 Å². The highest BCUT2D eigenvalue weighted by atomic mass is 35.5. The van der Waals surface area contributed by atoms with Gasteiger partial charge in [0.15, 0.2) is 5.78 Å². The number of carbonyl (C=O) groups is 9. The number of primary sulfonamides is 1. The molecular formula is C93H100Cl2F3N13O16S2. The van der Waals surface area contributed by atoms with Crippen LogP contribution >= 0.6 is 23.2 Å². The number of ketones is 1. The van der Waals surface area contributed by atoms with Gasteiger partial charge in [-0.25, -0.2) is 31.5 Å². The number of hydrogen-bond acceptors (Lipinski definition) is 19. The molecule has 14 rings (SSSR count). The molecule has 5 aliphatic heterocycles. The lowest BCUT2D eigenvalue weighted by Gasteiger charge is -2.31. The standard InChI is InChI=1S/C59H69N9O9.C26H22ClF3N2O3.C8H9ClN2O4S2/c60-27-13-12-22-48-55(71)66-49(30-39-23-25-43(26-24-39)76-37-40-16-6-2-7-17-40)56(72)67-51(31-38-14-4-1-5-15-38)58(74)68-36-44(77-59(75)62-29-28-61)33-52(68)53(69)34-46(41-18-8-3-9-19-41)54(70)65-50(57(73)64-48)32-42-35-63-47-21-11-10-20-45(42)47;1-15-13-17(31-24(34)19-5-2-3-6-21(19)26(28,29)30)9-10-18(15)25(35)32-12-4-7-23(33)20-14-16(27)8-11-22(20)32;9-6-3-5-1-2-11-17(14,15)7(5)4-8(6)16(10,12)13/h1-11,14-21,23-26,35,44-52,63H,12-13,22,27-34,36-37,60-61H2,(H,62,75)(H,64,73)(H,65,70)(H,66,71)(H,67,72);2-3,5-6,8-11,13-14,23,33H,4,7,12H2,1H3,(H,31,34);3-4,11H,1-2H2,(H2,10,12,13)/t44-,45?,46+,47?,48+,49+,50-,51+,52+;;/m1../s1. The molecule has 0 saturated carbocycles. The summed E-state index contributed by atoms with van der Waals surface area (Å²) in [6.45, 7) is 3.05. The Kier molecular flexibility index (Phi) is 32.6. The normalized spacial score (nSPS) is 21.6. The molecule has 0 radical (unpaired) electrons. The number of halogens is 5. The Balaban J connectivity index is 0.000000235. The Morgan fingerprint density at radius 1 is 0.690 bits per heavy atom. The number of alkyl carbamates (subject to hydrolysis) is 1. The lowest BCUT2D eigenvalue weighted by Crippen LogP contribution is -2.60. The molecule has 29 nitrogen and oxygen atoms in total. The molecule has 6 aliphatic rings. The minimum absolute atomic E-state index is 0.0205. The molecule has 0 spiro atoms. The largest absolute Gasteiger partial charge is 0.489 e. The van der Waals surface area contributed by atoms with Crippen LogP contribution in [0.2, 0.25) is 10.0 Å². The Morgan fingerprint density at radius 2 is 1.33 bits per heavy atom. The number of aliphatic hydroxyl groups excluding tert-OH is 1. The fourth-order valence-corrected chi connectivity index (χ4v) is 18.8. The summed E-state index contributed by atoms with van der Waals surface area (Å²) >= 11 is 11.9. The lowest BCUT2D eigenvalue weighted by atomic mass is 9.87. The summed E-state index contributed by atoms with van der Waals surface area (Å²) < 4.78 is 99.7. The zero-order valence-corrected chi connectivity index (χ0v) is 73.3. The van der Waals surface area contributed by atoms with Crippen molar-refractivity contribution < 1.29 is 87.7 Å². The minimum atomic E-state index is -4.67. The Hall–Kier alpha value is -12.1. The fraction of sp³-hybridized carbons (Fsp3) is 0.323. The summed E-state index contributed by atoms with van der Waals surface area (Å²) in [4.78, 5) is 132. The molecule has 2 saturated heterocycles. The van der Waals surface area contributed by atoms with Crippen LogP contribution in [0.25, 0.3) is 0 Å². The highest BCUT2D eigenvalue weighted by Crippen LogP contribution is 2.39. The summed E-state index contributed by atoms with van der Waals surface area (Å²) in [6.07, 6.45) is 4.65. The van der Waals surface area contributed by atoms with E-state index in [1.807, 2.05) is 66.9 Å². The predicted molar refractivity (Wildman–Crippen MR) is 479 cm³/mol. The average molecular weight is 1850 g/mol. The molecule has 10 atom stereocenters. The van der Waals surface area contributed by atoms with Gasteiger partial charge in [-0.15, -0.1) is 0 Å². The van der Waals surface area contributed by atoms with Crippen molar-refractivity contribution in [3.63, 3.8) is 0 Å². The van der Waals surface area contributed by atoms with Gasteiger partial charge in [-0.3, -0.25) is 38.4 Å². The number of nitrogens with zero attached hydrogens (tertiary/aromatic N) is 2. The average Bonchev–Trinajstić information content (AvgIpc) is 1.76. The van der Waals surface area contributed by atoms with Crippen LogP contribution in [0.15, 0.2) is 234 Å². The van der Waals surface area contributed by atoms with Gasteiger partial charge in [0.05, 0.1) is 51.7 Å². The van der Waals surface area contributed by atoms with Gasteiger partial charge in [-0.2, -0.15) is 13.2 Å².